The van der Waals surface area contributed by atoms with Gasteiger partial charge >= 0.3 is 5.97 Å². The van der Waals surface area contributed by atoms with Gasteiger partial charge in [0.15, 0.2) is 0 Å². The van der Waals surface area contributed by atoms with E-state index in [-0.39, 0.29) is 11.8 Å². The van der Waals surface area contributed by atoms with Gasteiger partial charge < -0.3 is 10.0 Å². The van der Waals surface area contributed by atoms with Gasteiger partial charge in [0.25, 0.3) is 0 Å². The molecule has 98 valence electrons. The van der Waals surface area contributed by atoms with E-state index in [1.165, 1.54) is 0 Å². The quantitative estimate of drug-likeness (QED) is 0.820. The fourth-order valence-corrected chi connectivity index (χ4v) is 2.31. The predicted molar refractivity (Wildman–Crippen MR) is 65.6 cm³/mol. The second-order valence-corrected chi connectivity index (χ2v) is 5.06. The Balaban J connectivity index is 2.74. The van der Waals surface area contributed by atoms with Gasteiger partial charge in [-0.2, -0.15) is 0 Å². The van der Waals surface area contributed by atoms with Gasteiger partial charge in [-0.25, -0.2) is 4.79 Å². The van der Waals surface area contributed by atoms with E-state index in [9.17, 15) is 9.59 Å². The highest BCUT2D eigenvalue weighted by Crippen LogP contribution is 2.23. The van der Waals surface area contributed by atoms with Crippen LogP contribution in [-0.4, -0.2) is 34.5 Å². The van der Waals surface area contributed by atoms with Crippen LogP contribution < -0.4 is 0 Å². The van der Waals surface area contributed by atoms with E-state index in [2.05, 4.69) is 6.92 Å². The molecule has 1 rings (SSSR count). The summed E-state index contributed by atoms with van der Waals surface area (Å²) in [5.74, 6) is -0.639. The maximum absolute atomic E-state index is 12.3. The zero-order chi connectivity index (χ0) is 13.0. The lowest BCUT2D eigenvalue weighted by atomic mass is 9.90. The number of hydrogen-bond acceptors (Lipinski definition) is 2. The standard InChI is InChI=1S/C13H23NO3/c1-4-9(2)10(3)12(15)14-8-6-5-7-11(14)13(16)17/h9-11H,4-8H2,1-3H3,(H,16,17). The molecule has 3 unspecified atom stereocenters. The van der Waals surface area contributed by atoms with E-state index < -0.39 is 12.0 Å². The molecule has 0 aromatic carbocycles. The average Bonchev–Trinajstić information content (AvgIpc) is 2.35. The minimum absolute atomic E-state index is 0.00597. The Labute approximate surface area is 103 Å². The molecule has 4 heteroatoms. The highest BCUT2D eigenvalue weighted by molar-refractivity contribution is 5.85. The van der Waals surface area contributed by atoms with E-state index in [1.54, 1.807) is 4.90 Å². The zero-order valence-electron chi connectivity index (χ0n) is 11.0. The SMILES string of the molecule is CCC(C)C(C)C(=O)N1CCCCC1C(=O)O. The number of carbonyl (C=O) groups is 2. The van der Waals surface area contributed by atoms with Crippen LogP contribution >= 0.6 is 0 Å². The molecule has 4 nitrogen and oxygen atoms in total. The molecule has 0 aliphatic carbocycles. The van der Waals surface area contributed by atoms with Crippen molar-refractivity contribution in [2.45, 2.75) is 52.5 Å². The summed E-state index contributed by atoms with van der Waals surface area (Å²) in [5, 5.41) is 9.14. The minimum Gasteiger partial charge on any atom is -0.480 e. The first kappa shape index (κ1) is 14.0. The summed E-state index contributed by atoms with van der Waals surface area (Å²) in [7, 11) is 0. The monoisotopic (exact) mass is 241 g/mol. The third-order valence-electron chi connectivity index (χ3n) is 3.96. The molecular formula is C13H23NO3. The molecule has 1 aliphatic rings. The number of rotatable bonds is 4. The molecule has 0 bridgehead atoms. The number of piperidine rings is 1. The van der Waals surface area contributed by atoms with Crippen molar-refractivity contribution < 1.29 is 14.7 Å². The first-order valence-corrected chi connectivity index (χ1v) is 6.52. The number of hydrogen-bond donors (Lipinski definition) is 1. The topological polar surface area (TPSA) is 57.6 Å². The first-order chi connectivity index (χ1) is 7.99. The first-order valence-electron chi connectivity index (χ1n) is 6.52. The van der Waals surface area contributed by atoms with Gasteiger partial charge in [-0.3, -0.25) is 4.79 Å². The number of aliphatic carboxylic acids is 1. The van der Waals surface area contributed by atoms with Crippen molar-refractivity contribution in [3.8, 4) is 0 Å². The van der Waals surface area contributed by atoms with Gasteiger partial charge in [0.1, 0.15) is 6.04 Å². The summed E-state index contributed by atoms with van der Waals surface area (Å²) in [6, 6.07) is -0.609. The largest absolute Gasteiger partial charge is 0.480 e. The molecule has 1 amide bonds. The van der Waals surface area contributed by atoms with Gasteiger partial charge in [0.05, 0.1) is 0 Å². The Kier molecular flexibility index (Phi) is 4.97. The molecule has 0 aromatic heterocycles. The second kappa shape index (κ2) is 6.03. The molecule has 0 radical (unpaired) electrons. The van der Waals surface area contributed by atoms with Crippen molar-refractivity contribution in [2.75, 3.05) is 6.54 Å². The van der Waals surface area contributed by atoms with Crippen LogP contribution in [0.2, 0.25) is 0 Å². The number of carbonyl (C=O) groups excluding carboxylic acids is 1. The van der Waals surface area contributed by atoms with Crippen molar-refractivity contribution in [3.05, 3.63) is 0 Å². The maximum atomic E-state index is 12.3. The van der Waals surface area contributed by atoms with Crippen LogP contribution in [0.1, 0.15) is 46.5 Å². The molecule has 1 heterocycles. The number of likely N-dealkylation sites (tertiary alicyclic amines) is 1. The predicted octanol–water partition coefficient (Wildman–Crippen LogP) is 2.13. The lowest BCUT2D eigenvalue weighted by molar-refractivity contribution is -0.154. The summed E-state index contributed by atoms with van der Waals surface area (Å²) in [6.07, 6.45) is 3.36. The van der Waals surface area contributed by atoms with E-state index in [1.807, 2.05) is 13.8 Å². The summed E-state index contributed by atoms with van der Waals surface area (Å²) in [4.78, 5) is 25.0. The van der Waals surface area contributed by atoms with Crippen LogP contribution in [0.4, 0.5) is 0 Å². The summed E-state index contributed by atoms with van der Waals surface area (Å²) < 4.78 is 0. The van der Waals surface area contributed by atoms with Gasteiger partial charge in [0, 0.05) is 12.5 Å². The Morgan fingerprint density at radius 1 is 1.35 bits per heavy atom. The van der Waals surface area contributed by atoms with Crippen molar-refractivity contribution in [1.29, 1.82) is 0 Å². The minimum atomic E-state index is -0.866. The van der Waals surface area contributed by atoms with E-state index >= 15 is 0 Å². The Morgan fingerprint density at radius 2 is 2.00 bits per heavy atom. The fourth-order valence-electron chi connectivity index (χ4n) is 2.31. The molecule has 1 saturated heterocycles. The van der Waals surface area contributed by atoms with Crippen molar-refractivity contribution in [1.82, 2.24) is 4.90 Å². The molecule has 1 fully saturated rings. The number of nitrogens with zero attached hydrogens (tertiary/aromatic N) is 1. The van der Waals surface area contributed by atoms with Crippen LogP contribution in [-0.2, 0) is 9.59 Å². The van der Waals surface area contributed by atoms with E-state index in [0.29, 0.717) is 18.9 Å². The lowest BCUT2D eigenvalue weighted by Crippen LogP contribution is -2.50. The van der Waals surface area contributed by atoms with Crippen molar-refractivity contribution in [2.24, 2.45) is 11.8 Å². The van der Waals surface area contributed by atoms with Crippen LogP contribution in [0.15, 0.2) is 0 Å². The smallest absolute Gasteiger partial charge is 0.326 e. The van der Waals surface area contributed by atoms with Crippen molar-refractivity contribution >= 4 is 11.9 Å². The molecule has 3 atom stereocenters. The van der Waals surface area contributed by atoms with Crippen molar-refractivity contribution in [3.63, 3.8) is 0 Å². The maximum Gasteiger partial charge on any atom is 0.326 e. The molecular weight excluding hydrogens is 218 g/mol. The normalized spacial score (nSPS) is 24.2. The lowest BCUT2D eigenvalue weighted by Gasteiger charge is -2.35. The van der Waals surface area contributed by atoms with Crippen LogP contribution in [0.5, 0.6) is 0 Å². The molecule has 1 aliphatic heterocycles. The molecule has 0 saturated carbocycles. The van der Waals surface area contributed by atoms with Crippen LogP contribution in [0, 0.1) is 11.8 Å². The van der Waals surface area contributed by atoms with Crippen LogP contribution in [0.3, 0.4) is 0 Å². The second-order valence-electron chi connectivity index (χ2n) is 5.06. The van der Waals surface area contributed by atoms with Gasteiger partial charge in [-0.15, -0.1) is 0 Å². The summed E-state index contributed by atoms with van der Waals surface area (Å²) in [6.45, 7) is 6.60. The third kappa shape index (κ3) is 3.20. The Hall–Kier alpha value is -1.06. The molecule has 17 heavy (non-hydrogen) atoms. The van der Waals surface area contributed by atoms with E-state index in [4.69, 9.17) is 5.11 Å². The fraction of sp³-hybridized carbons (Fsp3) is 0.846. The number of carboxylic acid groups (broad SMARTS) is 1. The summed E-state index contributed by atoms with van der Waals surface area (Å²) >= 11 is 0. The van der Waals surface area contributed by atoms with Gasteiger partial charge in [-0.05, 0) is 25.2 Å². The zero-order valence-corrected chi connectivity index (χ0v) is 11.0. The number of carboxylic acids is 1. The Morgan fingerprint density at radius 3 is 2.53 bits per heavy atom. The van der Waals surface area contributed by atoms with Gasteiger partial charge in [0.2, 0.25) is 5.91 Å². The summed E-state index contributed by atoms with van der Waals surface area (Å²) in [5.41, 5.74) is 0. The van der Waals surface area contributed by atoms with Crippen LogP contribution in [0.25, 0.3) is 0 Å². The Bertz CT molecular complexity index is 290. The molecule has 0 aromatic rings. The third-order valence-corrected chi connectivity index (χ3v) is 3.96. The number of amides is 1. The molecule has 0 spiro atoms. The van der Waals surface area contributed by atoms with E-state index in [0.717, 1.165) is 19.3 Å². The highest BCUT2D eigenvalue weighted by atomic mass is 16.4. The molecule has 1 N–H and O–H groups in total. The average molecular weight is 241 g/mol. The van der Waals surface area contributed by atoms with Gasteiger partial charge in [-0.1, -0.05) is 27.2 Å². The highest BCUT2D eigenvalue weighted by Gasteiger charge is 2.34.